The number of benzene rings is 3. The zero-order valence-corrected chi connectivity index (χ0v) is 23.6. The molecule has 1 atom stereocenters. The van der Waals surface area contributed by atoms with E-state index in [4.69, 9.17) is 37.9 Å². The van der Waals surface area contributed by atoms with Crippen LogP contribution in [0.15, 0.2) is 72.8 Å². The van der Waals surface area contributed by atoms with Gasteiger partial charge in [-0.15, -0.1) is 5.06 Å². The van der Waals surface area contributed by atoms with Gasteiger partial charge in [0.1, 0.15) is 5.82 Å². The molecule has 2 heterocycles. The fraction of sp³-hybridized carbons (Fsp3) is 0.167. The third-order valence-electron chi connectivity index (χ3n) is 6.55. The molecule has 0 fully saturated rings. The summed E-state index contributed by atoms with van der Waals surface area (Å²) < 4.78 is 19.9. The minimum Gasteiger partial charge on any atom is -0.436 e. The minimum atomic E-state index is -0.911. The van der Waals surface area contributed by atoms with Crippen molar-refractivity contribution in [3.63, 3.8) is 0 Å². The van der Waals surface area contributed by atoms with E-state index in [1.165, 1.54) is 24.3 Å². The van der Waals surface area contributed by atoms with Crippen LogP contribution in [0.25, 0.3) is 17.3 Å². The lowest BCUT2D eigenvalue weighted by atomic mass is 9.98. The predicted octanol–water partition coefficient (Wildman–Crippen LogP) is 6.86. The highest BCUT2D eigenvalue weighted by molar-refractivity contribution is 6.35. The van der Waals surface area contributed by atoms with Gasteiger partial charge in [-0.2, -0.15) is 5.10 Å². The van der Waals surface area contributed by atoms with Crippen LogP contribution in [0.1, 0.15) is 45.8 Å². The summed E-state index contributed by atoms with van der Waals surface area (Å²) in [6, 6.07) is 20.1. The van der Waals surface area contributed by atoms with Crippen molar-refractivity contribution in [3.05, 3.63) is 117 Å². The van der Waals surface area contributed by atoms with E-state index in [0.717, 1.165) is 5.56 Å². The molecule has 1 aromatic heterocycles. The number of nitrogens with one attached hydrogen (secondary N) is 1. The zero-order chi connectivity index (χ0) is 29.1. The Bertz CT molecular complexity index is 1620. The number of amides is 1. The monoisotopic (exact) mass is 594 g/mol. The molecule has 0 radical (unpaired) electrons. The summed E-state index contributed by atoms with van der Waals surface area (Å²) in [6.45, 7) is 2.04. The Morgan fingerprint density at radius 2 is 1.78 bits per heavy atom. The number of fused-ring (bicyclic) bond motifs is 1. The normalized spacial score (nSPS) is 14.8. The van der Waals surface area contributed by atoms with Gasteiger partial charge in [-0.05, 0) is 60.0 Å². The summed E-state index contributed by atoms with van der Waals surface area (Å²) in [5.74, 6) is -0.806. The van der Waals surface area contributed by atoms with Gasteiger partial charge in [-0.3, -0.25) is 4.79 Å². The molecule has 0 unspecified atom stereocenters. The molecule has 0 bridgehead atoms. The molecule has 0 spiro atoms. The first-order valence-corrected chi connectivity index (χ1v) is 13.4. The summed E-state index contributed by atoms with van der Waals surface area (Å²) in [5, 5.41) is 9.86. The first kappa shape index (κ1) is 28.4. The summed E-state index contributed by atoms with van der Waals surface area (Å²) in [5.41, 5.74) is 3.94. The van der Waals surface area contributed by atoms with E-state index in [1.807, 2.05) is 37.3 Å². The van der Waals surface area contributed by atoms with Crippen LogP contribution in [0.2, 0.25) is 10.0 Å². The van der Waals surface area contributed by atoms with Gasteiger partial charge in [0.15, 0.2) is 5.69 Å². The SMILES string of the molecule is COC(=O)ON1C/C(=C\c2ccc(F)cc2)c2c(c(C(=O)N[C@H](C)c3ccccc3)nn2-c2ccc(Cl)cc2Cl)C1. The lowest BCUT2D eigenvalue weighted by molar-refractivity contribution is -0.123. The first-order chi connectivity index (χ1) is 19.7. The molecule has 0 aliphatic carbocycles. The van der Waals surface area contributed by atoms with Crippen molar-refractivity contribution < 1.29 is 23.6 Å². The Hall–Kier alpha value is -4.18. The van der Waals surface area contributed by atoms with Crippen molar-refractivity contribution in [3.8, 4) is 5.69 Å². The highest BCUT2D eigenvalue weighted by Crippen LogP contribution is 2.36. The van der Waals surface area contributed by atoms with Gasteiger partial charge in [0, 0.05) is 10.6 Å². The Morgan fingerprint density at radius 3 is 2.46 bits per heavy atom. The van der Waals surface area contributed by atoms with Gasteiger partial charge < -0.3 is 14.9 Å². The smallest absolute Gasteiger partial charge is 0.436 e. The van der Waals surface area contributed by atoms with Crippen LogP contribution in [-0.4, -0.2) is 40.6 Å². The minimum absolute atomic E-state index is 0.0405. The van der Waals surface area contributed by atoms with E-state index >= 15 is 0 Å². The van der Waals surface area contributed by atoms with Gasteiger partial charge >= 0.3 is 6.16 Å². The Balaban J connectivity index is 1.66. The molecule has 1 aliphatic rings. The standard InChI is InChI=1S/C30H25Cl2FN4O4/c1-18(20-6-4-3-5-7-20)34-29(38)27-24-17-36(41-30(39)40-2)16-21(14-19-8-11-23(33)12-9-19)28(24)37(35-27)26-13-10-22(31)15-25(26)32/h3-15,18H,16-17H2,1-2H3,(H,34,38)/b21-14+/t18-/m1/s1. The van der Waals surface area contributed by atoms with E-state index in [-0.39, 0.29) is 30.6 Å². The maximum absolute atomic E-state index is 13.7. The second kappa shape index (κ2) is 12.1. The number of aromatic nitrogens is 2. The molecule has 4 aromatic rings. The van der Waals surface area contributed by atoms with Crippen LogP contribution in [-0.2, 0) is 16.1 Å². The van der Waals surface area contributed by atoms with Gasteiger partial charge in [-0.1, -0.05) is 65.7 Å². The van der Waals surface area contributed by atoms with E-state index in [1.54, 1.807) is 41.1 Å². The number of hydrogen-bond acceptors (Lipinski definition) is 6. The van der Waals surface area contributed by atoms with Gasteiger partial charge in [0.25, 0.3) is 5.91 Å². The number of carbonyl (C=O) groups excluding carboxylic acids is 2. The number of methoxy groups -OCH3 is 1. The molecule has 8 nitrogen and oxygen atoms in total. The van der Waals surface area contributed by atoms with Gasteiger partial charge in [-0.25, -0.2) is 13.9 Å². The lowest BCUT2D eigenvalue weighted by Crippen LogP contribution is -2.34. The third-order valence-corrected chi connectivity index (χ3v) is 7.09. The quantitative estimate of drug-likeness (QED) is 0.245. The number of rotatable bonds is 6. The Labute approximate surface area is 245 Å². The molecule has 11 heteroatoms. The van der Waals surface area contributed by atoms with Crippen LogP contribution < -0.4 is 5.32 Å². The van der Waals surface area contributed by atoms with Crippen molar-refractivity contribution in [2.24, 2.45) is 0 Å². The number of halogens is 3. The highest BCUT2D eigenvalue weighted by Gasteiger charge is 2.34. The third kappa shape index (κ3) is 6.27. The van der Waals surface area contributed by atoms with E-state index in [9.17, 15) is 14.0 Å². The van der Waals surface area contributed by atoms with E-state index in [0.29, 0.717) is 38.1 Å². The van der Waals surface area contributed by atoms with Gasteiger partial charge in [0.2, 0.25) is 0 Å². The van der Waals surface area contributed by atoms with Crippen molar-refractivity contribution in [1.29, 1.82) is 0 Å². The summed E-state index contributed by atoms with van der Waals surface area (Å²) >= 11 is 12.8. The molecule has 41 heavy (non-hydrogen) atoms. The highest BCUT2D eigenvalue weighted by atomic mass is 35.5. The molecule has 1 N–H and O–H groups in total. The van der Waals surface area contributed by atoms with Crippen molar-refractivity contribution in [2.45, 2.75) is 19.5 Å². The second-order valence-electron chi connectivity index (χ2n) is 9.35. The maximum Gasteiger partial charge on any atom is 0.527 e. The Morgan fingerprint density at radius 1 is 1.05 bits per heavy atom. The lowest BCUT2D eigenvalue weighted by Gasteiger charge is -2.28. The Kier molecular flexibility index (Phi) is 8.39. The number of hydroxylamine groups is 2. The number of carbonyl (C=O) groups is 2. The van der Waals surface area contributed by atoms with Crippen molar-refractivity contribution >= 4 is 46.9 Å². The summed E-state index contributed by atoms with van der Waals surface area (Å²) in [4.78, 5) is 31.1. The average Bonchev–Trinajstić information content (AvgIpc) is 3.34. The summed E-state index contributed by atoms with van der Waals surface area (Å²) in [6.07, 6.45) is 0.896. The second-order valence-corrected chi connectivity index (χ2v) is 10.2. The van der Waals surface area contributed by atoms with Crippen LogP contribution in [0.4, 0.5) is 9.18 Å². The van der Waals surface area contributed by atoms with Crippen LogP contribution in [0.3, 0.4) is 0 Å². The predicted molar refractivity (Wildman–Crippen MR) is 154 cm³/mol. The number of nitrogens with zero attached hydrogens (tertiary/aromatic N) is 3. The molecule has 0 saturated carbocycles. The number of ether oxygens (including phenoxy) is 1. The first-order valence-electron chi connectivity index (χ1n) is 12.6. The average molecular weight is 595 g/mol. The molecule has 1 aliphatic heterocycles. The topological polar surface area (TPSA) is 85.7 Å². The van der Waals surface area contributed by atoms with Crippen molar-refractivity contribution in [2.75, 3.05) is 13.7 Å². The maximum atomic E-state index is 13.7. The molecular weight excluding hydrogens is 570 g/mol. The summed E-state index contributed by atoms with van der Waals surface area (Å²) in [7, 11) is 1.21. The number of hydrogen-bond donors (Lipinski definition) is 1. The van der Waals surface area contributed by atoms with Gasteiger partial charge in [0.05, 0.1) is 42.6 Å². The zero-order valence-electron chi connectivity index (χ0n) is 22.1. The fourth-order valence-electron chi connectivity index (χ4n) is 4.61. The van der Waals surface area contributed by atoms with E-state index < -0.39 is 12.1 Å². The molecular formula is C30H25Cl2FN4O4. The molecule has 3 aromatic carbocycles. The molecule has 210 valence electrons. The van der Waals surface area contributed by atoms with Crippen LogP contribution in [0.5, 0.6) is 0 Å². The largest absolute Gasteiger partial charge is 0.527 e. The van der Waals surface area contributed by atoms with Crippen molar-refractivity contribution in [1.82, 2.24) is 20.2 Å². The fourth-order valence-corrected chi connectivity index (χ4v) is 5.10. The van der Waals surface area contributed by atoms with Crippen LogP contribution in [0, 0.1) is 5.82 Å². The van der Waals surface area contributed by atoms with E-state index in [2.05, 4.69) is 5.32 Å². The molecule has 1 amide bonds. The molecule has 0 saturated heterocycles. The molecule has 5 rings (SSSR count). The van der Waals surface area contributed by atoms with Crippen LogP contribution >= 0.6 is 23.2 Å².